The van der Waals surface area contributed by atoms with Gasteiger partial charge in [-0.3, -0.25) is 0 Å². The van der Waals surface area contributed by atoms with Gasteiger partial charge in [-0.05, 0) is 31.4 Å². The van der Waals surface area contributed by atoms with E-state index in [1.54, 1.807) is 7.11 Å². The van der Waals surface area contributed by atoms with Gasteiger partial charge in [-0.25, -0.2) is 4.79 Å². The highest BCUT2D eigenvalue weighted by molar-refractivity contribution is 5.80. The molecule has 0 bridgehead atoms. The molecule has 4 heteroatoms. The number of benzene rings is 1. The molecular formula is C16H25NO3. The molecule has 0 aliphatic heterocycles. The van der Waals surface area contributed by atoms with Crippen LogP contribution in [0.2, 0.25) is 0 Å². The summed E-state index contributed by atoms with van der Waals surface area (Å²) in [6, 6.07) is 7.24. The Morgan fingerprint density at radius 3 is 2.60 bits per heavy atom. The fraction of sp³-hybridized carbons (Fsp3) is 0.562. The molecule has 1 aromatic rings. The number of carbonyl (C=O) groups is 1. The molecule has 0 aromatic heterocycles. The Balaban J connectivity index is 2.90. The molecule has 0 radical (unpaired) electrons. The van der Waals surface area contributed by atoms with Gasteiger partial charge in [0.25, 0.3) is 0 Å². The van der Waals surface area contributed by atoms with Crippen LogP contribution >= 0.6 is 0 Å². The van der Waals surface area contributed by atoms with Crippen molar-refractivity contribution in [2.24, 2.45) is 5.92 Å². The van der Waals surface area contributed by atoms with Crippen LogP contribution in [-0.4, -0.2) is 25.7 Å². The van der Waals surface area contributed by atoms with E-state index in [0.717, 1.165) is 24.3 Å². The zero-order chi connectivity index (χ0) is 15.0. The SMILES string of the molecule is CCCC(C)C(Nc1ccccc1OC)C(=O)OCC. The van der Waals surface area contributed by atoms with Gasteiger partial charge in [0, 0.05) is 0 Å². The second-order valence-electron chi connectivity index (χ2n) is 4.84. The predicted molar refractivity (Wildman–Crippen MR) is 81.1 cm³/mol. The summed E-state index contributed by atoms with van der Waals surface area (Å²) in [5.41, 5.74) is 0.816. The van der Waals surface area contributed by atoms with E-state index in [4.69, 9.17) is 9.47 Å². The van der Waals surface area contributed by atoms with E-state index in [1.807, 2.05) is 31.2 Å². The second-order valence-corrected chi connectivity index (χ2v) is 4.84. The maximum Gasteiger partial charge on any atom is 0.328 e. The van der Waals surface area contributed by atoms with E-state index in [9.17, 15) is 4.79 Å². The highest BCUT2D eigenvalue weighted by atomic mass is 16.5. The Labute approximate surface area is 121 Å². The molecule has 1 N–H and O–H groups in total. The number of carbonyl (C=O) groups excluding carboxylic acids is 1. The van der Waals surface area contributed by atoms with Crippen molar-refractivity contribution in [1.29, 1.82) is 0 Å². The lowest BCUT2D eigenvalue weighted by molar-refractivity contribution is -0.145. The molecule has 0 spiro atoms. The van der Waals surface area contributed by atoms with Crippen LogP contribution < -0.4 is 10.1 Å². The normalized spacial score (nSPS) is 13.4. The molecule has 0 saturated carbocycles. The van der Waals surface area contributed by atoms with Gasteiger partial charge < -0.3 is 14.8 Å². The first-order valence-electron chi connectivity index (χ1n) is 7.20. The monoisotopic (exact) mass is 279 g/mol. The van der Waals surface area contributed by atoms with Crippen molar-refractivity contribution in [3.63, 3.8) is 0 Å². The molecule has 0 aliphatic carbocycles. The molecule has 20 heavy (non-hydrogen) atoms. The fourth-order valence-corrected chi connectivity index (χ4v) is 2.22. The van der Waals surface area contributed by atoms with Crippen LogP contribution in [0.3, 0.4) is 0 Å². The summed E-state index contributed by atoms with van der Waals surface area (Å²) in [7, 11) is 1.62. The summed E-state index contributed by atoms with van der Waals surface area (Å²) in [5.74, 6) is 0.716. The fourth-order valence-electron chi connectivity index (χ4n) is 2.22. The third kappa shape index (κ3) is 4.44. The van der Waals surface area contributed by atoms with E-state index in [1.165, 1.54) is 0 Å². The molecule has 0 amide bonds. The average molecular weight is 279 g/mol. The zero-order valence-electron chi connectivity index (χ0n) is 12.8. The van der Waals surface area contributed by atoms with Gasteiger partial charge in [-0.15, -0.1) is 0 Å². The summed E-state index contributed by atoms with van der Waals surface area (Å²) in [5, 5.41) is 3.27. The number of esters is 1. The van der Waals surface area contributed by atoms with Crippen LogP contribution in [-0.2, 0) is 9.53 Å². The third-order valence-corrected chi connectivity index (χ3v) is 3.27. The van der Waals surface area contributed by atoms with E-state index < -0.39 is 0 Å². The highest BCUT2D eigenvalue weighted by Gasteiger charge is 2.26. The van der Waals surface area contributed by atoms with Crippen LogP contribution in [0.5, 0.6) is 5.75 Å². The largest absolute Gasteiger partial charge is 0.495 e. The lowest BCUT2D eigenvalue weighted by Crippen LogP contribution is -2.37. The molecule has 0 aliphatic rings. The van der Waals surface area contributed by atoms with Crippen molar-refractivity contribution in [1.82, 2.24) is 0 Å². The van der Waals surface area contributed by atoms with Crippen LogP contribution in [0.4, 0.5) is 5.69 Å². The van der Waals surface area contributed by atoms with Gasteiger partial charge in [0.1, 0.15) is 11.8 Å². The third-order valence-electron chi connectivity index (χ3n) is 3.27. The van der Waals surface area contributed by atoms with Crippen LogP contribution in [0, 0.1) is 5.92 Å². The van der Waals surface area contributed by atoms with Crippen molar-refractivity contribution in [2.75, 3.05) is 19.0 Å². The van der Waals surface area contributed by atoms with Gasteiger partial charge in [0.05, 0.1) is 19.4 Å². The number of anilines is 1. The minimum absolute atomic E-state index is 0.198. The van der Waals surface area contributed by atoms with Gasteiger partial charge in [0.15, 0.2) is 0 Å². The molecule has 2 unspecified atom stereocenters. The van der Waals surface area contributed by atoms with Gasteiger partial charge in [-0.1, -0.05) is 32.4 Å². The maximum atomic E-state index is 12.1. The molecule has 4 nitrogen and oxygen atoms in total. The van der Waals surface area contributed by atoms with Crippen LogP contribution in [0.15, 0.2) is 24.3 Å². The highest BCUT2D eigenvalue weighted by Crippen LogP contribution is 2.26. The van der Waals surface area contributed by atoms with E-state index in [2.05, 4.69) is 19.2 Å². The Hall–Kier alpha value is -1.71. The molecule has 0 fully saturated rings. The average Bonchev–Trinajstić information content (AvgIpc) is 2.45. The Bertz CT molecular complexity index is 420. The van der Waals surface area contributed by atoms with E-state index in [0.29, 0.717) is 6.61 Å². The second kappa shape index (κ2) is 8.46. The Morgan fingerprint density at radius 2 is 2.00 bits per heavy atom. The summed E-state index contributed by atoms with van der Waals surface area (Å²) in [4.78, 5) is 12.1. The number of ether oxygens (including phenoxy) is 2. The van der Waals surface area contributed by atoms with E-state index in [-0.39, 0.29) is 17.9 Å². The molecule has 0 heterocycles. The minimum atomic E-state index is -0.355. The van der Waals surface area contributed by atoms with Crippen molar-refractivity contribution >= 4 is 11.7 Å². The van der Waals surface area contributed by atoms with Gasteiger partial charge in [0.2, 0.25) is 0 Å². The number of rotatable bonds is 8. The van der Waals surface area contributed by atoms with E-state index >= 15 is 0 Å². The smallest absolute Gasteiger partial charge is 0.328 e. The first-order valence-corrected chi connectivity index (χ1v) is 7.20. The number of hydrogen-bond donors (Lipinski definition) is 1. The summed E-state index contributed by atoms with van der Waals surface area (Å²) in [6.07, 6.45) is 2.00. The lowest BCUT2D eigenvalue weighted by atomic mass is 9.96. The maximum absolute atomic E-state index is 12.1. The molecule has 1 aromatic carbocycles. The zero-order valence-corrected chi connectivity index (χ0v) is 12.8. The number of methoxy groups -OCH3 is 1. The first kappa shape index (κ1) is 16.3. The standard InChI is InChI=1S/C16H25NO3/c1-5-9-12(3)15(16(18)20-6-2)17-13-10-7-8-11-14(13)19-4/h7-8,10-12,15,17H,5-6,9H2,1-4H3. The lowest BCUT2D eigenvalue weighted by Gasteiger charge is -2.25. The van der Waals surface area contributed by atoms with Crippen LogP contribution in [0.25, 0.3) is 0 Å². The number of hydrogen-bond acceptors (Lipinski definition) is 4. The molecule has 2 atom stereocenters. The molecule has 0 saturated heterocycles. The topological polar surface area (TPSA) is 47.6 Å². The van der Waals surface area contributed by atoms with Crippen molar-refractivity contribution in [3.05, 3.63) is 24.3 Å². The van der Waals surface area contributed by atoms with Crippen LogP contribution in [0.1, 0.15) is 33.6 Å². The summed E-state index contributed by atoms with van der Waals surface area (Å²) < 4.78 is 10.5. The number of para-hydroxylation sites is 2. The molecular weight excluding hydrogens is 254 g/mol. The predicted octanol–water partition coefficient (Wildman–Crippen LogP) is 3.48. The first-order chi connectivity index (χ1) is 9.63. The summed E-state index contributed by atoms with van der Waals surface area (Å²) in [6.45, 7) is 6.39. The Morgan fingerprint density at radius 1 is 1.30 bits per heavy atom. The number of nitrogens with one attached hydrogen (secondary N) is 1. The van der Waals surface area contributed by atoms with Crippen molar-refractivity contribution in [2.45, 2.75) is 39.7 Å². The molecule has 1 rings (SSSR count). The van der Waals surface area contributed by atoms with Crippen molar-refractivity contribution in [3.8, 4) is 5.75 Å². The minimum Gasteiger partial charge on any atom is -0.495 e. The Kier molecular flexibility index (Phi) is 6.91. The van der Waals surface area contributed by atoms with Gasteiger partial charge >= 0.3 is 5.97 Å². The van der Waals surface area contributed by atoms with Crippen molar-refractivity contribution < 1.29 is 14.3 Å². The quantitative estimate of drug-likeness (QED) is 0.740. The summed E-state index contributed by atoms with van der Waals surface area (Å²) >= 11 is 0. The molecule has 112 valence electrons. The van der Waals surface area contributed by atoms with Gasteiger partial charge in [-0.2, -0.15) is 0 Å².